The number of benzene rings is 2. The minimum Gasteiger partial charge on any atom is -0.343 e. The number of halogens is 4. The summed E-state index contributed by atoms with van der Waals surface area (Å²) >= 11 is 5.99. The molecule has 31 heavy (non-hydrogen) atoms. The van der Waals surface area contributed by atoms with Crippen molar-refractivity contribution >= 4 is 23.3 Å². The molecule has 1 heterocycles. The fourth-order valence-corrected chi connectivity index (χ4v) is 5.10. The van der Waals surface area contributed by atoms with Crippen molar-refractivity contribution in [3.8, 4) is 11.1 Å². The molecule has 1 atom stereocenters. The van der Waals surface area contributed by atoms with E-state index in [-0.39, 0.29) is 31.5 Å². The quantitative estimate of drug-likeness (QED) is 0.580. The van der Waals surface area contributed by atoms with Gasteiger partial charge in [-0.1, -0.05) is 29.8 Å². The van der Waals surface area contributed by atoms with E-state index in [1.165, 1.54) is 0 Å². The molecule has 1 unspecified atom stereocenters. The van der Waals surface area contributed by atoms with Gasteiger partial charge < -0.3 is 5.32 Å². The van der Waals surface area contributed by atoms with Gasteiger partial charge in [0.1, 0.15) is 5.92 Å². The van der Waals surface area contributed by atoms with Gasteiger partial charge in [-0.15, -0.1) is 0 Å². The predicted molar refractivity (Wildman–Crippen MR) is 113 cm³/mol. The lowest BCUT2D eigenvalue weighted by molar-refractivity contribution is -0.185. The van der Waals surface area contributed by atoms with Crippen molar-refractivity contribution in [2.75, 3.05) is 0 Å². The molecule has 3 nitrogen and oxygen atoms in total. The molecular formula is C24H23ClF3NO2. The lowest BCUT2D eigenvalue weighted by atomic mass is 9.72. The van der Waals surface area contributed by atoms with Crippen molar-refractivity contribution < 1.29 is 22.8 Å². The van der Waals surface area contributed by atoms with E-state index in [0.717, 1.165) is 22.3 Å². The second-order valence-electron chi connectivity index (χ2n) is 8.72. The van der Waals surface area contributed by atoms with Crippen LogP contribution in [0, 0.1) is 19.8 Å². The number of aryl methyl sites for hydroxylation is 2. The Hall–Kier alpha value is -2.34. The average molecular weight is 450 g/mol. The molecule has 1 spiro atoms. The van der Waals surface area contributed by atoms with Crippen LogP contribution < -0.4 is 5.32 Å². The number of amides is 1. The fraction of sp³-hybridized carbons (Fsp3) is 0.417. The first-order chi connectivity index (χ1) is 14.5. The zero-order valence-electron chi connectivity index (χ0n) is 17.3. The molecule has 164 valence electrons. The van der Waals surface area contributed by atoms with Gasteiger partial charge in [0, 0.05) is 5.02 Å². The molecule has 1 aliphatic carbocycles. The Labute approximate surface area is 184 Å². The van der Waals surface area contributed by atoms with Gasteiger partial charge in [0.25, 0.3) is 0 Å². The second kappa shape index (κ2) is 7.66. The van der Waals surface area contributed by atoms with E-state index >= 15 is 0 Å². The smallest absolute Gasteiger partial charge is 0.343 e. The Bertz CT molecular complexity index is 1040. The predicted octanol–water partition coefficient (Wildman–Crippen LogP) is 5.90. The van der Waals surface area contributed by atoms with E-state index in [4.69, 9.17) is 11.6 Å². The first-order valence-electron chi connectivity index (χ1n) is 10.3. The molecule has 2 fully saturated rings. The number of carbonyl (C=O) groups is 2. The van der Waals surface area contributed by atoms with Crippen LogP contribution in [0.25, 0.3) is 11.1 Å². The number of ketones is 1. The van der Waals surface area contributed by atoms with Crippen molar-refractivity contribution in [2.45, 2.75) is 57.2 Å². The van der Waals surface area contributed by atoms with Crippen LogP contribution in [-0.4, -0.2) is 23.4 Å². The van der Waals surface area contributed by atoms with Gasteiger partial charge in [-0.2, -0.15) is 13.2 Å². The highest BCUT2D eigenvalue weighted by atomic mass is 35.5. The number of alkyl halides is 3. The monoisotopic (exact) mass is 449 g/mol. The Morgan fingerprint density at radius 1 is 1.00 bits per heavy atom. The normalized spacial score (nSPS) is 26.4. The largest absolute Gasteiger partial charge is 0.391 e. The highest BCUT2D eigenvalue weighted by Crippen LogP contribution is 2.46. The van der Waals surface area contributed by atoms with Crippen LogP contribution in [0.4, 0.5) is 13.2 Å². The van der Waals surface area contributed by atoms with Gasteiger partial charge >= 0.3 is 6.18 Å². The molecule has 1 aliphatic heterocycles. The molecule has 0 bridgehead atoms. The van der Waals surface area contributed by atoms with Crippen LogP contribution in [0.15, 0.2) is 36.4 Å². The van der Waals surface area contributed by atoms with Crippen LogP contribution in [0.1, 0.15) is 48.3 Å². The molecule has 4 rings (SSSR count). The highest BCUT2D eigenvalue weighted by Gasteiger charge is 2.56. The summed E-state index contributed by atoms with van der Waals surface area (Å²) in [6.45, 7) is 3.80. The Morgan fingerprint density at radius 3 is 2.19 bits per heavy atom. The van der Waals surface area contributed by atoms with E-state index in [9.17, 15) is 22.8 Å². The van der Waals surface area contributed by atoms with E-state index < -0.39 is 29.5 Å². The molecule has 0 radical (unpaired) electrons. The highest BCUT2D eigenvalue weighted by molar-refractivity contribution is 6.30. The number of carbonyl (C=O) groups excluding carboxylic acids is 2. The van der Waals surface area contributed by atoms with Crippen LogP contribution in [0.3, 0.4) is 0 Å². The van der Waals surface area contributed by atoms with Crippen LogP contribution in [-0.2, 0) is 9.59 Å². The number of rotatable bonds is 2. The van der Waals surface area contributed by atoms with Crippen molar-refractivity contribution in [1.29, 1.82) is 0 Å². The topological polar surface area (TPSA) is 46.2 Å². The Kier molecular flexibility index (Phi) is 5.41. The Balaban J connectivity index is 1.67. The second-order valence-corrected chi connectivity index (χ2v) is 9.15. The average Bonchev–Trinajstić information content (AvgIpc) is 2.92. The number of hydrogen-bond donors (Lipinski definition) is 1. The first kappa shape index (κ1) is 21.9. The number of hydrogen-bond acceptors (Lipinski definition) is 2. The third kappa shape index (κ3) is 3.86. The molecule has 2 aromatic carbocycles. The van der Waals surface area contributed by atoms with Gasteiger partial charge in [0.05, 0.1) is 11.5 Å². The summed E-state index contributed by atoms with van der Waals surface area (Å²) < 4.78 is 39.2. The summed E-state index contributed by atoms with van der Waals surface area (Å²) in [6.07, 6.45) is -4.52. The molecule has 1 saturated carbocycles. The van der Waals surface area contributed by atoms with Gasteiger partial charge in [-0.3, -0.25) is 9.59 Å². The maximum Gasteiger partial charge on any atom is 0.391 e. The molecule has 1 amide bonds. The zero-order valence-corrected chi connectivity index (χ0v) is 18.0. The summed E-state index contributed by atoms with van der Waals surface area (Å²) in [5.41, 5.74) is 3.02. The van der Waals surface area contributed by atoms with E-state index in [1.54, 1.807) is 12.1 Å². The third-order valence-corrected chi connectivity index (χ3v) is 6.99. The summed E-state index contributed by atoms with van der Waals surface area (Å²) in [6, 6.07) is 11.1. The molecule has 2 aliphatic rings. The van der Waals surface area contributed by atoms with Crippen LogP contribution in [0.2, 0.25) is 5.02 Å². The van der Waals surface area contributed by atoms with E-state index in [1.807, 2.05) is 38.1 Å². The van der Waals surface area contributed by atoms with Gasteiger partial charge in [0.15, 0.2) is 5.78 Å². The summed E-state index contributed by atoms with van der Waals surface area (Å²) in [7, 11) is 0. The molecule has 2 aromatic rings. The SMILES string of the molecule is Cc1cc(C)c(C2C(=O)NC3(CCC(C(F)(F)F)CC3)C2=O)cc1-c1ccc(Cl)cc1. The molecule has 1 saturated heterocycles. The summed E-state index contributed by atoms with van der Waals surface area (Å²) in [4.78, 5) is 26.3. The van der Waals surface area contributed by atoms with E-state index in [2.05, 4.69) is 5.32 Å². The molecule has 1 N–H and O–H groups in total. The van der Waals surface area contributed by atoms with Gasteiger partial charge in [-0.25, -0.2) is 0 Å². The molecule has 7 heteroatoms. The van der Waals surface area contributed by atoms with Gasteiger partial charge in [0.2, 0.25) is 5.91 Å². The van der Waals surface area contributed by atoms with Crippen LogP contribution in [0.5, 0.6) is 0 Å². The fourth-order valence-electron chi connectivity index (χ4n) is 4.98. The third-order valence-electron chi connectivity index (χ3n) is 6.74. The standard InChI is InChI=1S/C24H23ClF3NO2/c1-13-11-14(2)19(12-18(13)15-3-5-17(25)6-4-15)20-21(30)23(29-22(20)31)9-7-16(8-10-23)24(26,27)28/h3-6,11-12,16,20H,7-10H2,1-2H3,(H,29,31). The summed E-state index contributed by atoms with van der Waals surface area (Å²) in [5, 5.41) is 3.38. The van der Waals surface area contributed by atoms with E-state index in [0.29, 0.717) is 10.6 Å². The summed E-state index contributed by atoms with van der Waals surface area (Å²) in [5.74, 6) is -3.16. The minimum absolute atomic E-state index is 0.0210. The number of Topliss-reactive ketones (excluding diaryl/α,β-unsaturated/α-hetero) is 1. The number of nitrogens with one attached hydrogen (secondary N) is 1. The van der Waals surface area contributed by atoms with Crippen molar-refractivity contribution in [1.82, 2.24) is 5.32 Å². The van der Waals surface area contributed by atoms with Gasteiger partial charge in [-0.05, 0) is 85.5 Å². The molecular weight excluding hydrogens is 427 g/mol. The zero-order chi connectivity index (χ0) is 22.6. The minimum atomic E-state index is -4.27. The lowest BCUT2D eigenvalue weighted by Gasteiger charge is -2.36. The van der Waals surface area contributed by atoms with Crippen molar-refractivity contribution in [3.05, 3.63) is 58.1 Å². The first-order valence-corrected chi connectivity index (χ1v) is 10.7. The molecule has 0 aromatic heterocycles. The van der Waals surface area contributed by atoms with Crippen molar-refractivity contribution in [2.24, 2.45) is 5.92 Å². The van der Waals surface area contributed by atoms with Crippen molar-refractivity contribution in [3.63, 3.8) is 0 Å². The lowest BCUT2D eigenvalue weighted by Crippen LogP contribution is -2.50. The van der Waals surface area contributed by atoms with Crippen LogP contribution >= 0.6 is 11.6 Å². The maximum absolute atomic E-state index is 13.4. The maximum atomic E-state index is 13.4. The Morgan fingerprint density at radius 2 is 1.61 bits per heavy atom.